The van der Waals surface area contributed by atoms with Crippen molar-refractivity contribution in [3.05, 3.63) is 0 Å². The van der Waals surface area contributed by atoms with Crippen molar-refractivity contribution in [1.29, 1.82) is 0 Å². The average molecular weight is 551 g/mol. The first-order chi connectivity index (χ1) is 17.3. The number of amides is 2. The molecule has 2 amide bonds. The Labute approximate surface area is 238 Å². The van der Waals surface area contributed by atoms with Crippen LogP contribution in [0.2, 0.25) is 6.32 Å². The van der Waals surface area contributed by atoms with Gasteiger partial charge in [-0.2, -0.15) is 12.6 Å². The molecule has 0 spiro atoms. The lowest BCUT2D eigenvalue weighted by molar-refractivity contribution is -0.136. The van der Waals surface area contributed by atoms with Gasteiger partial charge in [0.05, 0.1) is 11.2 Å². The molecule has 3 aliphatic rings. The summed E-state index contributed by atoms with van der Waals surface area (Å²) in [5.74, 6) is 0.827. The van der Waals surface area contributed by atoms with Gasteiger partial charge in [0.15, 0.2) is 0 Å². The van der Waals surface area contributed by atoms with Gasteiger partial charge in [0, 0.05) is 17.7 Å². The summed E-state index contributed by atoms with van der Waals surface area (Å²) in [5.41, 5.74) is -2.01. The number of carbonyl (C=O) groups is 2. The molecule has 6 nitrogen and oxygen atoms in total. The van der Waals surface area contributed by atoms with Crippen LogP contribution in [0.1, 0.15) is 121 Å². The molecule has 3 rings (SSSR count). The molecule has 0 aromatic heterocycles. The van der Waals surface area contributed by atoms with Crippen molar-refractivity contribution in [1.82, 2.24) is 10.6 Å². The van der Waals surface area contributed by atoms with E-state index < -0.39 is 5.54 Å². The zero-order chi connectivity index (χ0) is 28.7. The number of hydrogen-bond donors (Lipinski definition) is 3. The van der Waals surface area contributed by atoms with Crippen molar-refractivity contribution < 1.29 is 18.9 Å². The first-order valence-electron chi connectivity index (χ1n) is 15.0. The molecule has 2 saturated carbocycles. The second kappa shape index (κ2) is 11.3. The van der Waals surface area contributed by atoms with E-state index in [2.05, 4.69) is 52.2 Å². The summed E-state index contributed by atoms with van der Waals surface area (Å²) in [4.78, 5) is 26.9. The summed E-state index contributed by atoms with van der Waals surface area (Å²) in [7, 11) is -0.252. The van der Waals surface area contributed by atoms with Crippen LogP contribution in [0.3, 0.4) is 0 Å². The number of carbonyl (C=O) groups excluding carboxylic acids is 2. The molecule has 2 N–H and O–H groups in total. The molecule has 38 heavy (non-hydrogen) atoms. The van der Waals surface area contributed by atoms with E-state index in [0.29, 0.717) is 23.5 Å². The quantitative estimate of drug-likeness (QED) is 0.261. The molecule has 218 valence electrons. The largest absolute Gasteiger partial charge is 0.457 e. The van der Waals surface area contributed by atoms with Gasteiger partial charge >= 0.3 is 7.12 Å². The summed E-state index contributed by atoms with van der Waals surface area (Å²) in [6.45, 7) is 20.5. The second-order valence-electron chi connectivity index (χ2n) is 15.0. The molecular formula is C30H55BN2O4S. The standard InChI is InChI=1S/C30H55BN2O4S/c1-20(38)22-13-11-17-29(10)19-30(32-21(2)34,25(35)33-26(3,4)5)24(23(29)16-15-22)14-12-18-31-36-27(6,7)28(8,9)37-31/h20,22-24,38H,11-19H2,1-10H3,(H,32,34)(H,33,35)/t20?,22?,23-,24?,29+,30?/m0/s1. The molecule has 0 bridgehead atoms. The number of nitrogens with one attached hydrogen (secondary N) is 2. The van der Waals surface area contributed by atoms with Crippen LogP contribution in [0.4, 0.5) is 0 Å². The lowest BCUT2D eigenvalue weighted by Gasteiger charge is -2.40. The summed E-state index contributed by atoms with van der Waals surface area (Å²) in [6, 6.07) is 0. The molecule has 6 atom stereocenters. The zero-order valence-corrected chi connectivity index (χ0v) is 26.7. The highest BCUT2D eigenvalue weighted by molar-refractivity contribution is 7.80. The van der Waals surface area contributed by atoms with Gasteiger partial charge < -0.3 is 19.9 Å². The van der Waals surface area contributed by atoms with Crippen LogP contribution in [0.25, 0.3) is 0 Å². The van der Waals surface area contributed by atoms with Gasteiger partial charge in [-0.1, -0.05) is 26.7 Å². The first-order valence-corrected chi connectivity index (χ1v) is 15.5. The smallest absolute Gasteiger partial charge is 0.403 e. The fraction of sp³-hybridized carbons (Fsp3) is 0.933. The van der Waals surface area contributed by atoms with Gasteiger partial charge in [0.25, 0.3) is 0 Å². The minimum atomic E-state index is -0.916. The Morgan fingerprint density at radius 2 is 1.66 bits per heavy atom. The van der Waals surface area contributed by atoms with E-state index in [9.17, 15) is 9.59 Å². The topological polar surface area (TPSA) is 76.7 Å². The zero-order valence-electron chi connectivity index (χ0n) is 25.8. The fourth-order valence-corrected chi connectivity index (χ4v) is 7.88. The molecule has 3 fully saturated rings. The summed E-state index contributed by atoms with van der Waals surface area (Å²) in [5, 5.41) is 6.89. The third kappa shape index (κ3) is 6.76. The molecule has 0 aromatic carbocycles. The molecule has 2 aliphatic carbocycles. The van der Waals surface area contributed by atoms with Crippen LogP contribution >= 0.6 is 12.6 Å². The Hall–Kier alpha value is -0.725. The van der Waals surface area contributed by atoms with Crippen LogP contribution in [-0.2, 0) is 18.9 Å². The molecule has 4 unspecified atom stereocenters. The SMILES string of the molecule is CC(=O)NC1(C(=O)NC(C)(C)C)C[C@@]2(C)CCCC(C(C)S)CC[C@H]2C1CCCB1OC(C)(C)C(C)(C)O1. The summed E-state index contributed by atoms with van der Waals surface area (Å²) in [6.07, 6.45) is 8.78. The van der Waals surface area contributed by atoms with Gasteiger partial charge in [-0.3, -0.25) is 9.59 Å². The number of fused-ring (bicyclic) bond motifs is 1. The number of rotatable bonds is 7. The molecule has 0 radical (unpaired) electrons. The highest BCUT2D eigenvalue weighted by atomic mass is 32.1. The average Bonchev–Trinajstić information content (AvgIpc) is 3.06. The first kappa shape index (κ1) is 31.8. The van der Waals surface area contributed by atoms with Gasteiger partial charge in [-0.05, 0) is 116 Å². The van der Waals surface area contributed by atoms with E-state index in [1.54, 1.807) is 6.92 Å². The van der Waals surface area contributed by atoms with E-state index in [1.807, 2.05) is 20.8 Å². The third-order valence-electron chi connectivity index (χ3n) is 10.1. The molecule has 1 aliphatic heterocycles. The van der Waals surface area contributed by atoms with Crippen molar-refractivity contribution in [2.24, 2.45) is 23.2 Å². The van der Waals surface area contributed by atoms with Crippen molar-refractivity contribution in [3.8, 4) is 0 Å². The Morgan fingerprint density at radius 1 is 1.05 bits per heavy atom. The Bertz CT molecular complexity index is 857. The van der Waals surface area contributed by atoms with Crippen molar-refractivity contribution >= 4 is 31.6 Å². The van der Waals surface area contributed by atoms with E-state index in [0.717, 1.165) is 44.8 Å². The Morgan fingerprint density at radius 3 is 2.18 bits per heavy atom. The van der Waals surface area contributed by atoms with E-state index in [1.165, 1.54) is 6.42 Å². The summed E-state index contributed by atoms with van der Waals surface area (Å²) >= 11 is 4.81. The molecular weight excluding hydrogens is 495 g/mol. The fourth-order valence-electron chi connectivity index (χ4n) is 7.58. The van der Waals surface area contributed by atoms with Crippen molar-refractivity contribution in [3.63, 3.8) is 0 Å². The van der Waals surface area contributed by atoms with E-state index >= 15 is 0 Å². The number of thiol groups is 1. The van der Waals surface area contributed by atoms with Gasteiger partial charge in [0.1, 0.15) is 5.54 Å². The minimum Gasteiger partial charge on any atom is -0.403 e. The lowest BCUT2D eigenvalue weighted by atomic mass is 9.67. The molecule has 8 heteroatoms. The van der Waals surface area contributed by atoms with Crippen molar-refractivity contribution in [2.45, 2.75) is 154 Å². The van der Waals surface area contributed by atoms with Gasteiger partial charge in [-0.25, -0.2) is 0 Å². The van der Waals surface area contributed by atoms with Crippen LogP contribution in [0.15, 0.2) is 0 Å². The maximum atomic E-state index is 14.2. The van der Waals surface area contributed by atoms with Gasteiger partial charge in [-0.15, -0.1) is 0 Å². The van der Waals surface area contributed by atoms with Gasteiger partial charge in [0.2, 0.25) is 11.8 Å². The normalized spacial score (nSPS) is 35.7. The van der Waals surface area contributed by atoms with Crippen LogP contribution in [0, 0.1) is 23.2 Å². The molecule has 0 aromatic rings. The van der Waals surface area contributed by atoms with E-state index in [-0.39, 0.29) is 47.0 Å². The summed E-state index contributed by atoms with van der Waals surface area (Å²) < 4.78 is 12.6. The Kier molecular flexibility index (Phi) is 9.43. The predicted octanol–water partition coefficient (Wildman–Crippen LogP) is 6.19. The minimum absolute atomic E-state index is 0.00249. The van der Waals surface area contributed by atoms with Crippen molar-refractivity contribution in [2.75, 3.05) is 0 Å². The maximum absolute atomic E-state index is 14.2. The Balaban J connectivity index is 1.92. The van der Waals surface area contributed by atoms with Crippen LogP contribution in [0.5, 0.6) is 0 Å². The molecule has 1 heterocycles. The van der Waals surface area contributed by atoms with Crippen LogP contribution in [-0.4, -0.2) is 46.5 Å². The lowest BCUT2D eigenvalue weighted by Crippen LogP contribution is -2.63. The third-order valence-corrected chi connectivity index (χ3v) is 10.5. The van der Waals surface area contributed by atoms with Crippen LogP contribution < -0.4 is 10.6 Å². The highest BCUT2D eigenvalue weighted by Crippen LogP contribution is 2.59. The van der Waals surface area contributed by atoms with E-state index in [4.69, 9.17) is 21.9 Å². The monoisotopic (exact) mass is 550 g/mol. The second-order valence-corrected chi connectivity index (χ2v) is 15.8. The highest BCUT2D eigenvalue weighted by Gasteiger charge is 2.62. The number of hydrogen-bond acceptors (Lipinski definition) is 5. The maximum Gasteiger partial charge on any atom is 0.457 e. The predicted molar refractivity (Wildman–Crippen MR) is 159 cm³/mol. The molecule has 1 saturated heterocycles.